The zero-order chi connectivity index (χ0) is 17.3. The first-order valence-electron chi connectivity index (χ1n) is 9.14. The van der Waals surface area contributed by atoms with Crippen molar-refractivity contribution in [2.24, 2.45) is 0 Å². The Bertz CT molecular complexity index is 675. The molecule has 1 unspecified atom stereocenters. The van der Waals surface area contributed by atoms with E-state index in [-0.39, 0.29) is 11.8 Å². The van der Waals surface area contributed by atoms with Crippen LogP contribution in [0, 0.1) is 13.8 Å². The average molecular weight is 355 g/mol. The Morgan fingerprint density at radius 3 is 2.46 bits per heavy atom. The Kier molecular flexibility index (Phi) is 5.20. The van der Waals surface area contributed by atoms with Gasteiger partial charge < -0.3 is 4.90 Å². The molecule has 0 amide bonds. The van der Waals surface area contributed by atoms with Crippen LogP contribution in [0.4, 0.5) is 5.69 Å². The zero-order valence-electron chi connectivity index (χ0n) is 15.2. The molecule has 0 aromatic carbocycles. The van der Waals surface area contributed by atoms with Crippen molar-refractivity contribution in [1.82, 2.24) is 14.7 Å². The van der Waals surface area contributed by atoms with Gasteiger partial charge in [-0.1, -0.05) is 13.3 Å². The zero-order valence-corrected chi connectivity index (χ0v) is 16.0. The Balaban J connectivity index is 1.71. The van der Waals surface area contributed by atoms with Gasteiger partial charge in [-0.25, -0.2) is 8.42 Å². The first kappa shape index (κ1) is 17.7. The lowest BCUT2D eigenvalue weighted by Gasteiger charge is -2.36. The van der Waals surface area contributed by atoms with E-state index in [1.165, 1.54) is 25.1 Å². The highest BCUT2D eigenvalue weighted by atomic mass is 32.2. The van der Waals surface area contributed by atoms with Gasteiger partial charge in [0.05, 0.1) is 34.6 Å². The number of nitrogens with zero attached hydrogens (tertiary/aromatic N) is 4. The fourth-order valence-electron chi connectivity index (χ4n) is 4.01. The van der Waals surface area contributed by atoms with Crippen molar-refractivity contribution in [2.45, 2.75) is 46.1 Å². The second-order valence-corrected chi connectivity index (χ2v) is 9.43. The van der Waals surface area contributed by atoms with Crippen molar-refractivity contribution in [3.63, 3.8) is 0 Å². The van der Waals surface area contributed by atoms with Crippen molar-refractivity contribution in [2.75, 3.05) is 49.1 Å². The lowest BCUT2D eigenvalue weighted by atomic mass is 10.2. The molecule has 0 N–H and O–H groups in total. The van der Waals surface area contributed by atoms with E-state index in [0.717, 1.165) is 37.6 Å². The summed E-state index contributed by atoms with van der Waals surface area (Å²) in [4.78, 5) is 4.97. The van der Waals surface area contributed by atoms with E-state index in [1.54, 1.807) is 0 Å². The van der Waals surface area contributed by atoms with Gasteiger partial charge in [-0.15, -0.1) is 0 Å². The van der Waals surface area contributed by atoms with E-state index in [0.29, 0.717) is 12.2 Å². The second-order valence-electron chi connectivity index (χ2n) is 7.20. The van der Waals surface area contributed by atoms with Gasteiger partial charge in [-0.05, 0) is 33.2 Å². The Hall–Kier alpha value is -1.08. The Morgan fingerprint density at radius 1 is 1.17 bits per heavy atom. The van der Waals surface area contributed by atoms with Gasteiger partial charge in [-0.3, -0.25) is 9.58 Å². The van der Waals surface area contributed by atoms with Gasteiger partial charge >= 0.3 is 0 Å². The van der Waals surface area contributed by atoms with E-state index in [4.69, 9.17) is 5.10 Å². The monoisotopic (exact) mass is 354 g/mol. The number of aromatic nitrogens is 2. The predicted octanol–water partition coefficient (Wildman–Crippen LogP) is 1.78. The quantitative estimate of drug-likeness (QED) is 0.807. The molecule has 0 saturated carbocycles. The highest BCUT2D eigenvalue weighted by Gasteiger charge is 2.32. The second kappa shape index (κ2) is 7.04. The number of hydrogen-bond acceptors (Lipinski definition) is 5. The maximum Gasteiger partial charge on any atom is 0.152 e. The molecular weight excluding hydrogens is 324 g/mol. The molecule has 2 fully saturated rings. The third-order valence-corrected chi connectivity index (χ3v) is 7.11. The predicted molar refractivity (Wildman–Crippen MR) is 97.6 cm³/mol. The lowest BCUT2D eigenvalue weighted by molar-refractivity contribution is 0.254. The molecule has 2 aliphatic rings. The van der Waals surface area contributed by atoms with Crippen molar-refractivity contribution in [3.8, 4) is 0 Å². The summed E-state index contributed by atoms with van der Waals surface area (Å²) in [6.45, 7) is 11.8. The highest BCUT2D eigenvalue weighted by molar-refractivity contribution is 7.91. The first-order chi connectivity index (χ1) is 11.4. The minimum atomic E-state index is -2.89. The molecule has 1 aromatic rings. The fourth-order valence-corrected chi connectivity index (χ4v) is 5.70. The minimum absolute atomic E-state index is 0.00768. The van der Waals surface area contributed by atoms with Gasteiger partial charge in [0.25, 0.3) is 0 Å². The van der Waals surface area contributed by atoms with Crippen molar-refractivity contribution in [1.29, 1.82) is 0 Å². The topological polar surface area (TPSA) is 58.4 Å². The van der Waals surface area contributed by atoms with Crippen LogP contribution in [0.3, 0.4) is 0 Å². The fraction of sp³-hybridized carbons (Fsp3) is 0.824. The molecule has 1 aromatic heterocycles. The largest absolute Gasteiger partial charge is 0.366 e. The molecule has 0 aliphatic carbocycles. The van der Waals surface area contributed by atoms with Crippen LogP contribution >= 0.6 is 0 Å². The summed E-state index contributed by atoms with van der Waals surface area (Å²) >= 11 is 0. The summed E-state index contributed by atoms with van der Waals surface area (Å²) in [6, 6.07) is 0.00768. The number of unbranched alkanes of at least 4 members (excludes halogenated alkanes) is 1. The summed E-state index contributed by atoms with van der Waals surface area (Å²) in [5.74, 6) is 0.528. The molecule has 3 heterocycles. The summed E-state index contributed by atoms with van der Waals surface area (Å²) in [5, 5.41) is 4.70. The average Bonchev–Trinajstić information content (AvgIpc) is 3.05. The van der Waals surface area contributed by atoms with E-state index >= 15 is 0 Å². The Labute approximate surface area is 145 Å². The van der Waals surface area contributed by atoms with Gasteiger partial charge in [0.1, 0.15) is 0 Å². The van der Waals surface area contributed by atoms with Crippen LogP contribution < -0.4 is 4.90 Å². The van der Waals surface area contributed by atoms with Crippen LogP contribution in [-0.2, 0) is 9.84 Å². The minimum Gasteiger partial charge on any atom is -0.366 e. The van der Waals surface area contributed by atoms with E-state index in [2.05, 4.69) is 23.6 Å². The molecular formula is C17H30N4O2S. The molecule has 2 saturated heterocycles. The van der Waals surface area contributed by atoms with E-state index in [1.807, 2.05) is 11.6 Å². The smallest absolute Gasteiger partial charge is 0.152 e. The highest BCUT2D eigenvalue weighted by Crippen LogP contribution is 2.31. The van der Waals surface area contributed by atoms with Gasteiger partial charge in [0.2, 0.25) is 0 Å². The number of piperazine rings is 1. The standard InChI is InChI=1S/C17H30N4O2S/c1-4-5-7-19-8-10-20(11-9-19)17-14(2)18-21(15(17)3)16-6-12-24(22,23)13-16/h16H,4-13H2,1-3H3. The molecule has 0 bridgehead atoms. The molecule has 136 valence electrons. The number of anilines is 1. The van der Waals surface area contributed by atoms with Crippen LogP contribution in [0.25, 0.3) is 0 Å². The molecule has 1 atom stereocenters. The summed E-state index contributed by atoms with van der Waals surface area (Å²) in [5.41, 5.74) is 3.37. The van der Waals surface area contributed by atoms with Crippen molar-refractivity contribution >= 4 is 15.5 Å². The number of hydrogen-bond donors (Lipinski definition) is 0. The number of sulfone groups is 1. The van der Waals surface area contributed by atoms with Crippen molar-refractivity contribution in [3.05, 3.63) is 11.4 Å². The maximum atomic E-state index is 11.8. The summed E-state index contributed by atoms with van der Waals surface area (Å²) in [7, 11) is -2.89. The molecule has 0 radical (unpaired) electrons. The van der Waals surface area contributed by atoms with E-state index in [9.17, 15) is 8.42 Å². The first-order valence-corrected chi connectivity index (χ1v) is 11.0. The molecule has 7 heteroatoms. The summed E-state index contributed by atoms with van der Waals surface area (Å²) in [6.07, 6.45) is 3.20. The van der Waals surface area contributed by atoms with Crippen LogP contribution in [0.1, 0.15) is 43.6 Å². The third kappa shape index (κ3) is 3.61. The van der Waals surface area contributed by atoms with Crippen LogP contribution in [0.2, 0.25) is 0 Å². The number of rotatable bonds is 5. The van der Waals surface area contributed by atoms with Crippen LogP contribution in [0.15, 0.2) is 0 Å². The Morgan fingerprint density at radius 2 is 1.88 bits per heavy atom. The van der Waals surface area contributed by atoms with Gasteiger partial charge in [-0.2, -0.15) is 5.10 Å². The normalized spacial score (nSPS) is 24.6. The van der Waals surface area contributed by atoms with Crippen LogP contribution in [0.5, 0.6) is 0 Å². The van der Waals surface area contributed by atoms with Crippen molar-refractivity contribution < 1.29 is 8.42 Å². The molecule has 3 rings (SSSR count). The maximum absolute atomic E-state index is 11.8. The molecule has 24 heavy (non-hydrogen) atoms. The third-order valence-electron chi connectivity index (χ3n) is 5.36. The molecule has 2 aliphatic heterocycles. The lowest BCUT2D eigenvalue weighted by Crippen LogP contribution is -2.47. The molecule has 6 nitrogen and oxygen atoms in total. The van der Waals surface area contributed by atoms with Gasteiger partial charge in [0.15, 0.2) is 9.84 Å². The summed E-state index contributed by atoms with van der Waals surface area (Å²) < 4.78 is 25.5. The SMILES string of the molecule is CCCCN1CCN(c2c(C)nn(C3CCS(=O)(=O)C3)c2C)CC1. The number of aryl methyl sites for hydroxylation is 1. The van der Waals surface area contributed by atoms with Gasteiger partial charge in [0, 0.05) is 26.2 Å². The van der Waals surface area contributed by atoms with Crippen LogP contribution in [-0.4, -0.2) is 67.3 Å². The molecule has 0 spiro atoms. The van der Waals surface area contributed by atoms with E-state index < -0.39 is 9.84 Å².